The fourth-order valence-corrected chi connectivity index (χ4v) is 1.67. The molecule has 0 fully saturated rings. The quantitative estimate of drug-likeness (QED) is 0.591. The Hall–Kier alpha value is -2.18. The van der Waals surface area contributed by atoms with Crippen molar-refractivity contribution < 1.29 is 14.0 Å². The normalized spacial score (nSPS) is 11.3. The van der Waals surface area contributed by atoms with Gasteiger partial charge in [0.1, 0.15) is 0 Å². The van der Waals surface area contributed by atoms with Crippen LogP contribution in [0.3, 0.4) is 0 Å². The van der Waals surface area contributed by atoms with Crippen LogP contribution >= 0.6 is 0 Å². The molecule has 0 aliphatic rings. The second-order valence-corrected chi connectivity index (χ2v) is 4.41. The van der Waals surface area contributed by atoms with E-state index in [4.69, 9.17) is 19.7 Å². The Kier molecular flexibility index (Phi) is 5.93. The topological polar surface area (TPSA) is 83.4 Å². The number of nitrogen functional groups attached to an aromatic ring is 1. The number of ether oxygens (including phenoxy) is 2. The Labute approximate surface area is 123 Å². The predicted octanol–water partition coefficient (Wildman–Crippen LogP) is 2.03. The van der Waals surface area contributed by atoms with Crippen LogP contribution in [0.2, 0.25) is 0 Å². The number of nitrogens with two attached hydrogens (primary N) is 1. The van der Waals surface area contributed by atoms with E-state index in [1.54, 1.807) is 13.2 Å². The lowest BCUT2D eigenvalue weighted by molar-refractivity contribution is 0.0714. The lowest BCUT2D eigenvalue weighted by Crippen LogP contribution is -2.05. The molecule has 0 bridgehead atoms. The summed E-state index contributed by atoms with van der Waals surface area (Å²) in [5.74, 6) is 1.09. The van der Waals surface area contributed by atoms with Crippen LogP contribution in [-0.2, 0) is 15.9 Å². The van der Waals surface area contributed by atoms with Crippen molar-refractivity contribution >= 4 is 17.8 Å². The maximum Gasteiger partial charge on any atom is 0.250 e. The zero-order valence-corrected chi connectivity index (χ0v) is 12.0. The Morgan fingerprint density at radius 1 is 1.24 bits per heavy atom. The van der Waals surface area contributed by atoms with E-state index in [0.29, 0.717) is 38.0 Å². The maximum absolute atomic E-state index is 5.71. The van der Waals surface area contributed by atoms with Crippen molar-refractivity contribution in [2.45, 2.75) is 6.42 Å². The number of methoxy groups -OCH3 is 1. The van der Waals surface area contributed by atoms with E-state index < -0.39 is 0 Å². The summed E-state index contributed by atoms with van der Waals surface area (Å²) in [6, 6.07) is 7.56. The minimum atomic E-state index is 0.462. The number of rotatable bonds is 8. The molecule has 0 atom stereocenters. The lowest BCUT2D eigenvalue weighted by atomic mass is 10.2. The van der Waals surface area contributed by atoms with Crippen molar-refractivity contribution in [3.63, 3.8) is 0 Å². The van der Waals surface area contributed by atoms with E-state index in [0.717, 1.165) is 11.3 Å². The van der Waals surface area contributed by atoms with Gasteiger partial charge in [0, 0.05) is 25.3 Å². The van der Waals surface area contributed by atoms with E-state index in [-0.39, 0.29) is 0 Å². The van der Waals surface area contributed by atoms with Crippen molar-refractivity contribution in [2.24, 2.45) is 0 Å². The Morgan fingerprint density at radius 3 is 2.95 bits per heavy atom. The SMILES string of the molecule is COCCOCCc1noc(/C=C/c2cccc(N)c2)n1. The van der Waals surface area contributed by atoms with Crippen LogP contribution in [0.1, 0.15) is 17.3 Å². The van der Waals surface area contributed by atoms with Gasteiger partial charge in [-0.2, -0.15) is 4.98 Å². The summed E-state index contributed by atoms with van der Waals surface area (Å²) in [5, 5.41) is 3.89. The van der Waals surface area contributed by atoms with Gasteiger partial charge < -0.3 is 19.7 Å². The summed E-state index contributed by atoms with van der Waals surface area (Å²) in [6.07, 6.45) is 4.25. The third-order valence-electron chi connectivity index (χ3n) is 2.71. The highest BCUT2D eigenvalue weighted by Crippen LogP contribution is 2.10. The van der Waals surface area contributed by atoms with E-state index in [9.17, 15) is 0 Å². The molecule has 0 aliphatic heterocycles. The summed E-state index contributed by atoms with van der Waals surface area (Å²) >= 11 is 0. The minimum Gasteiger partial charge on any atom is -0.399 e. The molecule has 2 aromatic rings. The van der Waals surface area contributed by atoms with Crippen molar-refractivity contribution in [2.75, 3.05) is 32.7 Å². The van der Waals surface area contributed by atoms with Crippen LogP contribution in [0.4, 0.5) is 5.69 Å². The van der Waals surface area contributed by atoms with Crippen LogP contribution in [0.25, 0.3) is 12.2 Å². The number of hydrogen-bond acceptors (Lipinski definition) is 6. The lowest BCUT2D eigenvalue weighted by Gasteiger charge is -1.99. The van der Waals surface area contributed by atoms with Crippen LogP contribution in [0.5, 0.6) is 0 Å². The standard InChI is InChI=1S/C15H19N3O3/c1-19-9-10-20-8-7-14-17-15(21-18-14)6-5-12-3-2-4-13(16)11-12/h2-6,11H,7-10,16H2,1H3/b6-5+. The Morgan fingerprint density at radius 2 is 2.14 bits per heavy atom. The van der Waals surface area contributed by atoms with Crippen LogP contribution in [0.15, 0.2) is 28.8 Å². The second-order valence-electron chi connectivity index (χ2n) is 4.41. The molecule has 112 valence electrons. The average molecular weight is 289 g/mol. The maximum atomic E-state index is 5.71. The van der Waals surface area contributed by atoms with Crippen LogP contribution < -0.4 is 5.73 Å². The zero-order chi connectivity index (χ0) is 14.9. The fourth-order valence-electron chi connectivity index (χ4n) is 1.67. The molecule has 0 radical (unpaired) electrons. The first-order valence-corrected chi connectivity index (χ1v) is 6.71. The Bertz CT molecular complexity index is 581. The fraction of sp³-hybridized carbons (Fsp3) is 0.333. The number of hydrogen-bond donors (Lipinski definition) is 1. The highest BCUT2D eigenvalue weighted by atomic mass is 16.5. The molecule has 21 heavy (non-hydrogen) atoms. The van der Waals surface area contributed by atoms with Crippen molar-refractivity contribution in [3.05, 3.63) is 41.5 Å². The highest BCUT2D eigenvalue weighted by molar-refractivity contribution is 5.67. The summed E-state index contributed by atoms with van der Waals surface area (Å²) in [5.41, 5.74) is 7.42. The first-order valence-electron chi connectivity index (χ1n) is 6.71. The van der Waals surface area contributed by atoms with Gasteiger partial charge in [-0.15, -0.1) is 0 Å². The van der Waals surface area contributed by atoms with E-state index >= 15 is 0 Å². The van der Waals surface area contributed by atoms with Gasteiger partial charge in [-0.05, 0) is 23.8 Å². The first-order chi connectivity index (χ1) is 10.3. The third-order valence-corrected chi connectivity index (χ3v) is 2.71. The molecule has 0 aliphatic carbocycles. The average Bonchev–Trinajstić information content (AvgIpc) is 2.93. The van der Waals surface area contributed by atoms with E-state index in [1.165, 1.54) is 0 Å². The van der Waals surface area contributed by atoms with Gasteiger partial charge in [0.2, 0.25) is 0 Å². The monoisotopic (exact) mass is 289 g/mol. The first kappa shape index (κ1) is 15.2. The molecule has 2 rings (SSSR count). The molecule has 2 N–H and O–H groups in total. The van der Waals surface area contributed by atoms with Gasteiger partial charge in [0.25, 0.3) is 5.89 Å². The second kappa shape index (κ2) is 8.18. The van der Waals surface area contributed by atoms with Gasteiger partial charge in [-0.25, -0.2) is 0 Å². The largest absolute Gasteiger partial charge is 0.399 e. The number of nitrogens with zero attached hydrogens (tertiary/aromatic N) is 2. The molecule has 0 unspecified atom stereocenters. The van der Waals surface area contributed by atoms with E-state index in [2.05, 4.69) is 10.1 Å². The molecule has 1 heterocycles. The van der Waals surface area contributed by atoms with Crippen LogP contribution in [0, 0.1) is 0 Å². The van der Waals surface area contributed by atoms with Crippen molar-refractivity contribution in [1.82, 2.24) is 10.1 Å². The molecular formula is C15H19N3O3. The summed E-state index contributed by atoms with van der Waals surface area (Å²) in [6.45, 7) is 1.69. The highest BCUT2D eigenvalue weighted by Gasteiger charge is 2.03. The Balaban J connectivity index is 1.82. The molecule has 1 aromatic heterocycles. The number of anilines is 1. The number of aromatic nitrogens is 2. The molecule has 6 heteroatoms. The molecule has 0 saturated heterocycles. The molecular weight excluding hydrogens is 270 g/mol. The van der Waals surface area contributed by atoms with Gasteiger partial charge in [0.15, 0.2) is 5.82 Å². The van der Waals surface area contributed by atoms with Crippen molar-refractivity contribution in [1.29, 1.82) is 0 Å². The van der Waals surface area contributed by atoms with Crippen LogP contribution in [-0.4, -0.2) is 37.1 Å². The third kappa shape index (κ3) is 5.37. The predicted molar refractivity (Wildman–Crippen MR) is 80.5 cm³/mol. The number of benzene rings is 1. The van der Waals surface area contributed by atoms with Gasteiger partial charge >= 0.3 is 0 Å². The molecule has 0 saturated carbocycles. The van der Waals surface area contributed by atoms with E-state index in [1.807, 2.05) is 30.3 Å². The molecule has 0 spiro atoms. The van der Waals surface area contributed by atoms with Gasteiger partial charge in [-0.1, -0.05) is 17.3 Å². The summed E-state index contributed by atoms with van der Waals surface area (Å²) in [7, 11) is 1.64. The molecule has 1 aromatic carbocycles. The van der Waals surface area contributed by atoms with Gasteiger partial charge in [0.05, 0.1) is 19.8 Å². The molecule has 0 amide bonds. The zero-order valence-electron chi connectivity index (χ0n) is 12.0. The van der Waals surface area contributed by atoms with Crippen molar-refractivity contribution in [3.8, 4) is 0 Å². The minimum absolute atomic E-state index is 0.462. The summed E-state index contributed by atoms with van der Waals surface area (Å²) in [4.78, 5) is 4.26. The van der Waals surface area contributed by atoms with Gasteiger partial charge in [-0.3, -0.25) is 0 Å². The summed E-state index contributed by atoms with van der Waals surface area (Å²) < 4.78 is 15.4. The molecule has 6 nitrogen and oxygen atoms in total. The smallest absolute Gasteiger partial charge is 0.250 e.